The smallest absolute Gasteiger partial charge is 0.252 e. The highest BCUT2D eigenvalue weighted by Gasteiger charge is 2.35. The van der Waals surface area contributed by atoms with Gasteiger partial charge in [0.2, 0.25) is 0 Å². The summed E-state index contributed by atoms with van der Waals surface area (Å²) in [6.45, 7) is 6.48. The Morgan fingerprint density at radius 2 is 2.00 bits per heavy atom. The number of hydrogen-bond donors (Lipinski definition) is 1. The Morgan fingerprint density at radius 3 is 2.72 bits per heavy atom. The van der Waals surface area contributed by atoms with Gasteiger partial charge in [0, 0.05) is 30.8 Å². The van der Waals surface area contributed by atoms with Crippen molar-refractivity contribution in [2.75, 3.05) is 13.7 Å². The van der Waals surface area contributed by atoms with Gasteiger partial charge in [0.15, 0.2) is 5.82 Å². The predicted octanol–water partition coefficient (Wildman–Crippen LogP) is 4.23. The van der Waals surface area contributed by atoms with Gasteiger partial charge >= 0.3 is 0 Å². The Kier molecular flexibility index (Phi) is 7.67. The first-order valence-corrected chi connectivity index (χ1v) is 13.4. The maximum atomic E-state index is 13.2. The normalized spacial score (nSPS) is 20.0. The highest BCUT2D eigenvalue weighted by Crippen LogP contribution is 2.35. The SMILES string of the molecule is COc1ccc2cc(CN(C3CCCCC3)[C@H](c3nnnn3C[C@H]3CCCO3)C(C)C)c(=O)[nH]c2c1. The minimum Gasteiger partial charge on any atom is -0.497 e. The number of aromatic amines is 1. The molecule has 36 heavy (non-hydrogen) atoms. The van der Waals surface area contributed by atoms with Gasteiger partial charge in [-0.3, -0.25) is 9.69 Å². The van der Waals surface area contributed by atoms with E-state index < -0.39 is 0 Å². The van der Waals surface area contributed by atoms with E-state index in [0.29, 0.717) is 19.1 Å². The zero-order valence-electron chi connectivity index (χ0n) is 21.7. The molecule has 1 aromatic carbocycles. The van der Waals surface area contributed by atoms with E-state index in [9.17, 15) is 4.79 Å². The van der Waals surface area contributed by atoms with E-state index >= 15 is 0 Å². The van der Waals surface area contributed by atoms with Crippen molar-refractivity contribution in [2.24, 2.45) is 5.92 Å². The Labute approximate surface area is 212 Å². The minimum absolute atomic E-state index is 0.00420. The molecule has 0 radical (unpaired) electrons. The molecule has 2 fully saturated rings. The van der Waals surface area contributed by atoms with Gasteiger partial charge in [-0.2, -0.15) is 0 Å². The van der Waals surface area contributed by atoms with E-state index in [2.05, 4.69) is 39.3 Å². The lowest BCUT2D eigenvalue weighted by Crippen LogP contribution is -2.43. The van der Waals surface area contributed by atoms with Crippen LogP contribution in [0, 0.1) is 5.92 Å². The van der Waals surface area contributed by atoms with Crippen LogP contribution < -0.4 is 10.3 Å². The summed E-state index contributed by atoms with van der Waals surface area (Å²) in [5.41, 5.74) is 1.49. The van der Waals surface area contributed by atoms with Gasteiger partial charge < -0.3 is 14.5 Å². The molecule has 3 heterocycles. The summed E-state index contributed by atoms with van der Waals surface area (Å²) in [4.78, 5) is 18.8. The largest absolute Gasteiger partial charge is 0.497 e. The Hall–Kier alpha value is -2.78. The molecule has 1 saturated carbocycles. The molecule has 2 atom stereocenters. The summed E-state index contributed by atoms with van der Waals surface area (Å²) in [6.07, 6.45) is 8.21. The van der Waals surface area contributed by atoms with Crippen molar-refractivity contribution in [2.45, 2.75) is 90.1 Å². The van der Waals surface area contributed by atoms with Crippen LogP contribution in [0.3, 0.4) is 0 Å². The average molecular weight is 495 g/mol. The molecule has 2 aliphatic rings. The quantitative estimate of drug-likeness (QED) is 0.475. The molecule has 5 rings (SSSR count). The van der Waals surface area contributed by atoms with E-state index in [4.69, 9.17) is 9.47 Å². The van der Waals surface area contributed by atoms with Crippen molar-refractivity contribution >= 4 is 10.9 Å². The molecule has 2 aromatic heterocycles. The van der Waals surface area contributed by atoms with Crippen molar-refractivity contribution in [1.29, 1.82) is 0 Å². The molecule has 1 aliphatic carbocycles. The summed E-state index contributed by atoms with van der Waals surface area (Å²) in [7, 11) is 1.63. The molecular formula is C27H38N6O3. The third-order valence-corrected chi connectivity index (χ3v) is 7.74. The standard InChI is InChI=1S/C27H38N6O3/c1-18(2)25(26-29-30-31-33(26)17-23-10-7-13-36-23)32(21-8-5-4-6-9-21)16-20-14-19-11-12-22(35-3)15-24(19)28-27(20)34/h11-12,14-15,18,21,23,25H,4-10,13,16-17H2,1-3H3,(H,28,34)/t23-,25+/m1/s1. The monoisotopic (exact) mass is 494 g/mol. The van der Waals surface area contributed by atoms with Crippen molar-refractivity contribution < 1.29 is 9.47 Å². The maximum absolute atomic E-state index is 13.2. The van der Waals surface area contributed by atoms with Crippen LogP contribution in [-0.2, 0) is 17.8 Å². The summed E-state index contributed by atoms with van der Waals surface area (Å²) >= 11 is 0. The van der Waals surface area contributed by atoms with Crippen molar-refractivity contribution in [3.8, 4) is 5.75 Å². The van der Waals surface area contributed by atoms with E-state index in [1.54, 1.807) is 7.11 Å². The first kappa shape index (κ1) is 24.9. The Balaban J connectivity index is 1.50. The topological polar surface area (TPSA) is 98.2 Å². The number of benzene rings is 1. The lowest BCUT2D eigenvalue weighted by molar-refractivity contribution is 0.0553. The maximum Gasteiger partial charge on any atom is 0.252 e. The first-order chi connectivity index (χ1) is 17.5. The van der Waals surface area contributed by atoms with Crippen molar-refractivity contribution in [1.82, 2.24) is 30.1 Å². The number of tetrazole rings is 1. The number of pyridine rings is 1. The van der Waals surface area contributed by atoms with Gasteiger partial charge in [-0.05, 0) is 65.6 Å². The number of fused-ring (bicyclic) bond motifs is 1. The number of aromatic nitrogens is 5. The highest BCUT2D eigenvalue weighted by molar-refractivity contribution is 5.80. The third-order valence-electron chi connectivity index (χ3n) is 7.74. The number of methoxy groups -OCH3 is 1. The highest BCUT2D eigenvalue weighted by atomic mass is 16.5. The summed E-state index contributed by atoms with van der Waals surface area (Å²) in [5, 5.41) is 14.0. The van der Waals surface area contributed by atoms with Gasteiger partial charge in [0.05, 0.1) is 31.3 Å². The van der Waals surface area contributed by atoms with E-state index in [1.165, 1.54) is 19.3 Å². The first-order valence-electron chi connectivity index (χ1n) is 13.4. The third kappa shape index (κ3) is 5.32. The van der Waals surface area contributed by atoms with Crippen LogP contribution in [0.4, 0.5) is 0 Å². The van der Waals surface area contributed by atoms with Crippen LogP contribution in [0.15, 0.2) is 29.1 Å². The molecule has 1 aliphatic heterocycles. The van der Waals surface area contributed by atoms with Gasteiger partial charge in [-0.25, -0.2) is 4.68 Å². The number of H-pyrrole nitrogens is 1. The fourth-order valence-electron chi connectivity index (χ4n) is 5.90. The molecule has 1 saturated heterocycles. The zero-order chi connectivity index (χ0) is 25.1. The van der Waals surface area contributed by atoms with Gasteiger partial charge in [-0.1, -0.05) is 33.1 Å². The lowest BCUT2D eigenvalue weighted by Gasteiger charge is -2.41. The van der Waals surface area contributed by atoms with Crippen LogP contribution in [0.25, 0.3) is 10.9 Å². The zero-order valence-corrected chi connectivity index (χ0v) is 21.7. The van der Waals surface area contributed by atoms with E-state index in [0.717, 1.165) is 60.3 Å². The molecule has 9 heteroatoms. The number of nitrogens with one attached hydrogen (secondary N) is 1. The van der Waals surface area contributed by atoms with Gasteiger partial charge in [0.1, 0.15) is 5.75 Å². The van der Waals surface area contributed by atoms with Crippen LogP contribution in [0.2, 0.25) is 0 Å². The minimum atomic E-state index is -0.0574. The van der Waals surface area contributed by atoms with Crippen LogP contribution in [0.5, 0.6) is 5.75 Å². The van der Waals surface area contributed by atoms with E-state index in [1.807, 2.05) is 28.9 Å². The summed E-state index contributed by atoms with van der Waals surface area (Å²) in [5.74, 6) is 1.87. The molecule has 0 spiro atoms. The van der Waals surface area contributed by atoms with Crippen LogP contribution >= 0.6 is 0 Å². The summed E-state index contributed by atoms with van der Waals surface area (Å²) in [6, 6.07) is 8.20. The fraction of sp³-hybridized carbons (Fsp3) is 0.630. The molecule has 0 unspecified atom stereocenters. The molecule has 3 aromatic rings. The second kappa shape index (κ2) is 11.1. The summed E-state index contributed by atoms with van der Waals surface area (Å²) < 4.78 is 13.2. The van der Waals surface area contributed by atoms with E-state index in [-0.39, 0.29) is 23.6 Å². The Bertz CT molecular complexity index is 1210. The van der Waals surface area contributed by atoms with Crippen molar-refractivity contribution in [3.63, 3.8) is 0 Å². The molecule has 0 bridgehead atoms. The predicted molar refractivity (Wildman–Crippen MR) is 138 cm³/mol. The number of rotatable bonds is 9. The Morgan fingerprint density at radius 1 is 1.17 bits per heavy atom. The van der Waals surface area contributed by atoms with Gasteiger partial charge in [-0.15, -0.1) is 5.10 Å². The molecule has 194 valence electrons. The number of nitrogens with zero attached hydrogens (tertiary/aromatic N) is 5. The fourth-order valence-corrected chi connectivity index (χ4v) is 5.90. The average Bonchev–Trinajstić information content (AvgIpc) is 3.57. The molecule has 0 amide bonds. The van der Waals surface area contributed by atoms with Crippen molar-refractivity contribution in [3.05, 3.63) is 46.0 Å². The number of ether oxygens (including phenoxy) is 2. The second-order valence-electron chi connectivity index (χ2n) is 10.6. The van der Waals surface area contributed by atoms with Crippen LogP contribution in [-0.4, -0.2) is 56.0 Å². The van der Waals surface area contributed by atoms with Crippen LogP contribution in [0.1, 0.15) is 76.2 Å². The van der Waals surface area contributed by atoms with Gasteiger partial charge in [0.25, 0.3) is 5.56 Å². The number of hydrogen-bond acceptors (Lipinski definition) is 7. The lowest BCUT2D eigenvalue weighted by atomic mass is 9.90. The molecular weight excluding hydrogens is 456 g/mol. The second-order valence-corrected chi connectivity index (χ2v) is 10.6. The molecule has 9 nitrogen and oxygen atoms in total. The molecule has 1 N–H and O–H groups in total.